The highest BCUT2D eigenvalue weighted by molar-refractivity contribution is 5.62. The van der Waals surface area contributed by atoms with Crippen LogP contribution in [0.3, 0.4) is 0 Å². The van der Waals surface area contributed by atoms with Crippen LogP contribution >= 0.6 is 0 Å². The molecule has 0 aromatic heterocycles. The van der Waals surface area contributed by atoms with Crippen molar-refractivity contribution in [2.24, 2.45) is 0 Å². The highest BCUT2D eigenvalue weighted by atomic mass is 16.9. The average molecular weight is 102 g/mol. The average Bonchev–Trinajstić information content (AvgIpc) is 1.68. The van der Waals surface area contributed by atoms with Crippen molar-refractivity contribution in [3.05, 3.63) is 13.2 Å². The summed E-state index contributed by atoms with van der Waals surface area (Å²) in [5, 5.41) is 0. The van der Waals surface area contributed by atoms with Crippen LogP contribution < -0.4 is 0 Å². The Bertz CT molecular complexity index is 63.3. The van der Waals surface area contributed by atoms with E-state index in [4.69, 9.17) is 0 Å². The zero-order valence-corrected chi connectivity index (χ0v) is 3.85. The van der Waals surface area contributed by atoms with E-state index >= 15 is 0 Å². The van der Waals surface area contributed by atoms with Crippen LogP contribution in [0.1, 0.15) is 0 Å². The molecule has 0 aromatic carbocycles. The van der Waals surface area contributed by atoms with E-state index < -0.39 is 6.16 Å². The second-order valence-electron chi connectivity index (χ2n) is 0.657. The van der Waals surface area contributed by atoms with Crippen LogP contribution in [0.25, 0.3) is 0 Å². The number of rotatable bonds is 0. The van der Waals surface area contributed by atoms with Gasteiger partial charge in [0.15, 0.2) is 0 Å². The second kappa shape index (κ2) is 3.21. The first-order valence-electron chi connectivity index (χ1n) is 1.69. The molecule has 3 heteroatoms. The van der Waals surface area contributed by atoms with Gasteiger partial charge in [0, 0.05) is 0 Å². The molecule has 0 N–H and O–H groups in total. The molecule has 40 valence electrons. The van der Waals surface area contributed by atoms with Gasteiger partial charge in [0.05, 0.1) is 0 Å². The minimum atomic E-state index is -0.565. The van der Waals surface area contributed by atoms with Gasteiger partial charge in [-0.05, 0) is 0 Å². The van der Waals surface area contributed by atoms with Gasteiger partial charge in [0.25, 0.3) is 0 Å². The number of carbonyl (C=O) groups excluding carboxylic acids is 1. The van der Waals surface area contributed by atoms with E-state index in [-0.39, 0.29) is 6.79 Å². The van der Waals surface area contributed by atoms with Crippen molar-refractivity contribution in [2.75, 3.05) is 6.79 Å². The van der Waals surface area contributed by atoms with Gasteiger partial charge in [-0.15, -0.1) is 13.2 Å². The third kappa shape index (κ3) is 1.81. The van der Waals surface area contributed by atoms with Crippen LogP contribution in [-0.2, 0) is 9.47 Å². The van der Waals surface area contributed by atoms with Gasteiger partial charge in [-0.3, -0.25) is 0 Å². The Kier molecular flexibility index (Phi) is 2.76. The highest BCUT2D eigenvalue weighted by Crippen LogP contribution is 1.94. The lowest BCUT2D eigenvalue weighted by Gasteiger charge is -2.10. The first kappa shape index (κ1) is 6.01. The summed E-state index contributed by atoms with van der Waals surface area (Å²) in [4.78, 5) is 9.45. The number of carbonyl (C=O) groups is 1. The molecule has 0 radical (unpaired) electrons. The standard InChI is InChI=1S/C2H2O3.C2H4/c3-2-4-1-5-2;1-2/h1H2;1-2H2. The molecular weight excluding hydrogens is 96.0 g/mol. The number of hydrogen-bond donors (Lipinski definition) is 0. The fourth-order valence-corrected chi connectivity index (χ4v) is 0.107. The van der Waals surface area contributed by atoms with Gasteiger partial charge >= 0.3 is 6.16 Å². The summed E-state index contributed by atoms with van der Waals surface area (Å²) >= 11 is 0. The molecule has 0 saturated carbocycles. The lowest BCUT2D eigenvalue weighted by molar-refractivity contribution is -0.102. The molecule has 0 amide bonds. The largest absolute Gasteiger partial charge is 0.514 e. The van der Waals surface area contributed by atoms with Crippen molar-refractivity contribution in [3.8, 4) is 0 Å². The van der Waals surface area contributed by atoms with Crippen molar-refractivity contribution in [2.45, 2.75) is 0 Å². The third-order valence-corrected chi connectivity index (χ3v) is 0.354. The number of cyclic esters (lactones) is 2. The van der Waals surface area contributed by atoms with Crippen LogP contribution in [0, 0.1) is 0 Å². The molecule has 0 atom stereocenters. The smallest absolute Gasteiger partial charge is 0.396 e. The fraction of sp³-hybridized carbons (Fsp3) is 0.250. The monoisotopic (exact) mass is 102 g/mol. The number of ether oxygens (including phenoxy) is 2. The summed E-state index contributed by atoms with van der Waals surface area (Å²) in [6.45, 7) is 6.14. The zero-order chi connectivity index (χ0) is 5.70. The van der Waals surface area contributed by atoms with Crippen LogP contribution in [0.2, 0.25) is 0 Å². The molecular formula is C4H6O3. The van der Waals surface area contributed by atoms with Crippen LogP contribution in [0.5, 0.6) is 0 Å². The molecule has 0 unspecified atom stereocenters. The maximum absolute atomic E-state index is 9.45. The highest BCUT2D eigenvalue weighted by Gasteiger charge is 2.12. The molecule has 1 fully saturated rings. The molecule has 0 aliphatic carbocycles. The lowest BCUT2D eigenvalue weighted by Crippen LogP contribution is -2.21. The first-order chi connectivity index (χ1) is 3.39. The summed E-state index contributed by atoms with van der Waals surface area (Å²) < 4.78 is 8.14. The van der Waals surface area contributed by atoms with Gasteiger partial charge in [0.2, 0.25) is 6.79 Å². The molecule has 1 aliphatic rings. The summed E-state index contributed by atoms with van der Waals surface area (Å²) in [5.74, 6) is 0. The molecule has 1 rings (SSSR count). The van der Waals surface area contributed by atoms with Crippen molar-refractivity contribution >= 4 is 6.16 Å². The van der Waals surface area contributed by atoms with Crippen molar-refractivity contribution < 1.29 is 14.3 Å². The summed E-state index contributed by atoms with van der Waals surface area (Å²) in [6, 6.07) is 0. The van der Waals surface area contributed by atoms with Crippen molar-refractivity contribution in [1.82, 2.24) is 0 Å². The fourth-order valence-electron chi connectivity index (χ4n) is 0.107. The molecule has 7 heavy (non-hydrogen) atoms. The molecule has 3 nitrogen and oxygen atoms in total. The summed E-state index contributed by atoms with van der Waals surface area (Å²) in [7, 11) is 0. The van der Waals surface area contributed by atoms with Gasteiger partial charge in [-0.2, -0.15) is 0 Å². The van der Waals surface area contributed by atoms with Crippen LogP contribution in [0.15, 0.2) is 13.2 Å². The lowest BCUT2D eigenvalue weighted by atomic mass is 11.1. The van der Waals surface area contributed by atoms with Gasteiger partial charge in [-0.1, -0.05) is 0 Å². The van der Waals surface area contributed by atoms with E-state index in [1.54, 1.807) is 0 Å². The minimum absolute atomic E-state index is 0.138. The van der Waals surface area contributed by atoms with E-state index in [1.807, 2.05) is 0 Å². The molecule has 1 saturated heterocycles. The third-order valence-electron chi connectivity index (χ3n) is 0.354. The Labute approximate surface area is 41.5 Å². The molecule has 1 aliphatic heterocycles. The Morgan fingerprint density at radius 2 is 1.71 bits per heavy atom. The van der Waals surface area contributed by atoms with E-state index in [1.165, 1.54) is 0 Å². The van der Waals surface area contributed by atoms with Crippen LogP contribution in [-0.4, -0.2) is 12.9 Å². The molecule has 0 aromatic rings. The Hall–Kier alpha value is -0.990. The van der Waals surface area contributed by atoms with Crippen LogP contribution in [0.4, 0.5) is 4.79 Å². The van der Waals surface area contributed by atoms with Gasteiger partial charge < -0.3 is 9.47 Å². The molecule has 0 spiro atoms. The van der Waals surface area contributed by atoms with E-state index in [9.17, 15) is 4.79 Å². The maximum atomic E-state index is 9.45. The quantitative estimate of drug-likeness (QED) is 0.337. The summed E-state index contributed by atoms with van der Waals surface area (Å²) in [5.41, 5.74) is 0. The maximum Gasteiger partial charge on any atom is 0.514 e. The van der Waals surface area contributed by atoms with E-state index in [0.717, 1.165) is 0 Å². The Morgan fingerprint density at radius 3 is 1.71 bits per heavy atom. The predicted molar refractivity (Wildman–Crippen MR) is 23.7 cm³/mol. The zero-order valence-electron chi connectivity index (χ0n) is 3.85. The van der Waals surface area contributed by atoms with E-state index in [2.05, 4.69) is 22.6 Å². The molecule has 1 heterocycles. The molecule has 0 bridgehead atoms. The van der Waals surface area contributed by atoms with Gasteiger partial charge in [-0.25, -0.2) is 4.79 Å². The van der Waals surface area contributed by atoms with E-state index in [0.29, 0.717) is 0 Å². The Morgan fingerprint density at radius 1 is 1.43 bits per heavy atom. The Balaban J connectivity index is 0.000000162. The number of hydrogen-bond acceptors (Lipinski definition) is 3. The normalized spacial score (nSPS) is 14.0. The topological polar surface area (TPSA) is 35.5 Å². The van der Waals surface area contributed by atoms with Crippen molar-refractivity contribution in [1.29, 1.82) is 0 Å². The predicted octanol–water partition coefficient (Wildman–Crippen LogP) is 0.913. The minimum Gasteiger partial charge on any atom is -0.396 e. The summed E-state index contributed by atoms with van der Waals surface area (Å²) in [6.07, 6.45) is -0.565. The second-order valence-corrected chi connectivity index (χ2v) is 0.657. The first-order valence-corrected chi connectivity index (χ1v) is 1.69. The SMILES string of the molecule is C=C.O=C1OCO1. The van der Waals surface area contributed by atoms with Gasteiger partial charge in [0.1, 0.15) is 0 Å². The van der Waals surface area contributed by atoms with Crippen molar-refractivity contribution in [3.63, 3.8) is 0 Å².